The Bertz CT molecular complexity index is 159. The van der Waals surface area contributed by atoms with Gasteiger partial charge in [-0.25, -0.2) is 0 Å². The fourth-order valence-electron chi connectivity index (χ4n) is 0.0373. The molecule has 0 aromatic carbocycles. The molecule has 0 saturated heterocycles. The summed E-state index contributed by atoms with van der Waals surface area (Å²) in [4.78, 5) is -0.181. The maximum Gasteiger partial charge on any atom is 0.230 e. The minimum Gasteiger partial charge on any atom is -0.311 e. The lowest BCUT2D eigenvalue weighted by Crippen LogP contribution is -2.14. The Kier molecular flexibility index (Phi) is 2.58. The maximum absolute atomic E-state index is 9.67. The van der Waals surface area contributed by atoms with Gasteiger partial charge in [0, 0.05) is 0 Å². The summed E-state index contributed by atoms with van der Waals surface area (Å²) >= 11 is 0. The van der Waals surface area contributed by atoms with Crippen molar-refractivity contribution >= 4 is 15.3 Å². The Morgan fingerprint density at radius 3 is 2.14 bits per heavy atom. The Balaban J connectivity index is 4.33. The highest BCUT2D eigenvalue weighted by Gasteiger charge is 1.81. The van der Waals surface area contributed by atoms with Crippen LogP contribution in [0.1, 0.15) is 6.92 Å². The van der Waals surface area contributed by atoms with E-state index in [1.807, 2.05) is 0 Å². The average Bonchev–Trinajstić information content (AvgIpc) is 1.65. The molecule has 5 heteroatoms. The van der Waals surface area contributed by atoms with Crippen LogP contribution in [-0.2, 0) is 10.3 Å². The molecule has 0 heterocycles. The first-order chi connectivity index (χ1) is 3.18. The van der Waals surface area contributed by atoms with Crippen LogP contribution in [0.4, 0.5) is 0 Å². The van der Waals surface area contributed by atoms with Gasteiger partial charge in [-0.2, -0.15) is 13.9 Å². The predicted octanol–water partition coefficient (Wildman–Crippen LogP) is -1.01. The highest BCUT2D eigenvalue weighted by molar-refractivity contribution is 7.72. The first-order valence-electron chi connectivity index (χ1n) is 1.51. The molecule has 0 aliphatic heterocycles. The largest absolute Gasteiger partial charge is 0.311 e. The van der Waals surface area contributed by atoms with Crippen LogP contribution in [0.5, 0.6) is 0 Å². The Morgan fingerprint density at radius 2 is 2.14 bits per heavy atom. The van der Waals surface area contributed by atoms with Crippen molar-refractivity contribution in [1.29, 1.82) is 0 Å². The molecule has 42 valence electrons. The molecule has 0 aliphatic rings. The van der Waals surface area contributed by atoms with E-state index in [-0.39, 0.29) is 4.99 Å². The molecular formula is C2H5NO3S. The fraction of sp³-hybridized carbons (Fsp3) is 0.500. The van der Waals surface area contributed by atoms with E-state index in [9.17, 15) is 8.42 Å². The van der Waals surface area contributed by atoms with Crippen LogP contribution in [0.2, 0.25) is 0 Å². The summed E-state index contributed by atoms with van der Waals surface area (Å²) < 4.78 is 19.3. The monoisotopic (exact) mass is 123 g/mol. The lowest BCUT2D eigenvalue weighted by atomic mass is 10.8. The van der Waals surface area contributed by atoms with Gasteiger partial charge in [0.2, 0.25) is 10.3 Å². The van der Waals surface area contributed by atoms with E-state index in [1.165, 1.54) is 12.4 Å². The molecule has 4 nitrogen and oxygen atoms in total. The second-order valence-electron chi connectivity index (χ2n) is 0.903. The minimum absolute atomic E-state index is 0.181. The van der Waals surface area contributed by atoms with Gasteiger partial charge in [0.25, 0.3) is 0 Å². The quantitative estimate of drug-likeness (QED) is 0.320. The first-order valence-corrected chi connectivity index (χ1v) is 2.59. The van der Waals surface area contributed by atoms with Crippen LogP contribution in [0.3, 0.4) is 0 Å². The summed E-state index contributed by atoms with van der Waals surface area (Å²) in [5.41, 5.74) is 1.47. The van der Waals surface area contributed by atoms with Crippen LogP contribution < -0.4 is 5.48 Å². The topological polar surface area (TPSA) is 66.4 Å². The third-order valence-corrected chi connectivity index (χ3v) is 0.999. The van der Waals surface area contributed by atoms with Crippen LogP contribution in [0, 0.1) is 0 Å². The van der Waals surface area contributed by atoms with Crippen molar-refractivity contribution in [1.82, 2.24) is 5.48 Å². The number of hydrogen-bond donors (Lipinski definition) is 2. The fourth-order valence-corrected chi connectivity index (χ4v) is 0.112. The highest BCUT2D eigenvalue weighted by Crippen LogP contribution is 1.54. The molecule has 0 aromatic rings. The van der Waals surface area contributed by atoms with Gasteiger partial charge in [0.15, 0.2) is 0 Å². The third kappa shape index (κ3) is 2.32. The average molecular weight is 123 g/mol. The van der Waals surface area contributed by atoms with Crippen LogP contribution in [0.15, 0.2) is 0 Å². The lowest BCUT2D eigenvalue weighted by molar-refractivity contribution is 0.236. The van der Waals surface area contributed by atoms with Crippen molar-refractivity contribution in [3.8, 4) is 0 Å². The molecule has 0 unspecified atom stereocenters. The van der Waals surface area contributed by atoms with E-state index >= 15 is 0 Å². The first kappa shape index (κ1) is 6.61. The van der Waals surface area contributed by atoms with Crippen LogP contribution >= 0.6 is 0 Å². The van der Waals surface area contributed by atoms with E-state index in [0.29, 0.717) is 0 Å². The summed E-state index contributed by atoms with van der Waals surface area (Å²) in [5, 5.41) is 7.83. The summed E-state index contributed by atoms with van der Waals surface area (Å²) in [6, 6.07) is 0. The van der Waals surface area contributed by atoms with Crippen molar-refractivity contribution in [2.24, 2.45) is 0 Å². The van der Waals surface area contributed by atoms with Gasteiger partial charge in [-0.15, -0.1) is 0 Å². The summed E-state index contributed by atoms with van der Waals surface area (Å²) in [6.45, 7) is 1.24. The van der Waals surface area contributed by atoms with Crippen LogP contribution in [0.25, 0.3) is 0 Å². The summed E-state index contributed by atoms with van der Waals surface area (Å²) in [5.74, 6) is 0. The van der Waals surface area contributed by atoms with Crippen molar-refractivity contribution in [2.45, 2.75) is 6.92 Å². The second-order valence-corrected chi connectivity index (χ2v) is 1.98. The maximum atomic E-state index is 9.67. The molecule has 0 spiro atoms. The molecule has 0 amide bonds. The molecule has 0 atom stereocenters. The zero-order valence-electron chi connectivity index (χ0n) is 3.67. The number of rotatable bonds is 0. The molecular weight excluding hydrogens is 118 g/mol. The molecule has 0 rings (SSSR count). The number of nitrogens with one attached hydrogen (secondary N) is 1. The van der Waals surface area contributed by atoms with Gasteiger partial charge in [-0.05, 0) is 6.92 Å². The third-order valence-electron chi connectivity index (χ3n) is 0.407. The minimum atomic E-state index is -2.30. The number of hydroxylamine groups is 1. The van der Waals surface area contributed by atoms with E-state index in [1.54, 1.807) is 0 Å². The second kappa shape index (κ2) is 2.73. The zero-order valence-corrected chi connectivity index (χ0v) is 4.49. The zero-order chi connectivity index (χ0) is 5.86. The molecule has 0 aliphatic carbocycles. The smallest absolute Gasteiger partial charge is 0.230 e. The van der Waals surface area contributed by atoms with Crippen molar-refractivity contribution in [2.75, 3.05) is 0 Å². The van der Waals surface area contributed by atoms with Crippen LogP contribution in [-0.4, -0.2) is 18.6 Å². The van der Waals surface area contributed by atoms with Crippen molar-refractivity contribution in [3.05, 3.63) is 0 Å². The van der Waals surface area contributed by atoms with Crippen molar-refractivity contribution in [3.63, 3.8) is 0 Å². The molecule has 0 aromatic heterocycles. The summed E-state index contributed by atoms with van der Waals surface area (Å²) in [7, 11) is -2.30. The Morgan fingerprint density at radius 1 is 1.71 bits per heavy atom. The lowest BCUT2D eigenvalue weighted by Gasteiger charge is -1.80. The molecule has 0 saturated carbocycles. The van der Waals surface area contributed by atoms with E-state index in [4.69, 9.17) is 5.21 Å². The van der Waals surface area contributed by atoms with E-state index < -0.39 is 10.3 Å². The normalized spacial score (nSPS) is 8.29. The molecule has 0 radical (unpaired) electrons. The molecule has 2 N–H and O–H groups in total. The highest BCUT2D eigenvalue weighted by atomic mass is 32.2. The molecule has 0 fully saturated rings. The SMILES string of the molecule is CC(NO)=S(=O)=O. The van der Waals surface area contributed by atoms with Gasteiger partial charge >= 0.3 is 0 Å². The Hall–Kier alpha value is -0.390. The van der Waals surface area contributed by atoms with Crippen molar-refractivity contribution < 1.29 is 13.6 Å². The molecule has 7 heavy (non-hydrogen) atoms. The predicted molar refractivity (Wildman–Crippen MR) is 24.5 cm³/mol. The Labute approximate surface area is 42.3 Å². The van der Waals surface area contributed by atoms with Gasteiger partial charge in [0.1, 0.15) is 4.99 Å². The standard InChI is InChI=1S/C2H5NO3S/c1-2(3-4)7(5)6/h3-4H,1H3. The van der Waals surface area contributed by atoms with Gasteiger partial charge in [0.05, 0.1) is 0 Å². The van der Waals surface area contributed by atoms with Gasteiger partial charge in [-0.3, -0.25) is 0 Å². The molecule has 0 bridgehead atoms. The van der Waals surface area contributed by atoms with Gasteiger partial charge in [-0.1, -0.05) is 0 Å². The summed E-state index contributed by atoms with van der Waals surface area (Å²) in [6.07, 6.45) is 0. The number of hydrogen-bond acceptors (Lipinski definition) is 3. The van der Waals surface area contributed by atoms with Gasteiger partial charge < -0.3 is 5.21 Å². The van der Waals surface area contributed by atoms with E-state index in [0.717, 1.165) is 0 Å². The van der Waals surface area contributed by atoms with E-state index in [2.05, 4.69) is 0 Å².